The number of aliphatic imine (C=N–C) groups is 1. The first-order chi connectivity index (χ1) is 10.5. The van der Waals surface area contributed by atoms with Crippen LogP contribution in [0.4, 0.5) is 10.1 Å². The van der Waals surface area contributed by atoms with Crippen molar-refractivity contribution in [2.45, 2.75) is 27.2 Å². The molecule has 2 rings (SSSR count). The van der Waals surface area contributed by atoms with Gasteiger partial charge in [-0.3, -0.25) is 4.99 Å². The topological polar surface area (TPSA) is 50.4 Å². The third-order valence-corrected chi connectivity index (χ3v) is 3.75. The van der Waals surface area contributed by atoms with Crippen molar-refractivity contribution in [2.75, 3.05) is 11.9 Å². The van der Waals surface area contributed by atoms with Crippen LogP contribution in [0, 0.1) is 26.6 Å². The third-order valence-electron chi connectivity index (χ3n) is 3.75. The van der Waals surface area contributed by atoms with Crippen molar-refractivity contribution >= 4 is 35.6 Å². The number of benzene rings is 2. The molecule has 0 aliphatic heterocycles. The fourth-order valence-corrected chi connectivity index (χ4v) is 2.24. The van der Waals surface area contributed by atoms with Crippen LogP contribution in [-0.4, -0.2) is 12.5 Å². The third kappa shape index (κ3) is 5.82. The Balaban J connectivity index is 0.00000264. The summed E-state index contributed by atoms with van der Waals surface area (Å²) >= 11 is 0. The summed E-state index contributed by atoms with van der Waals surface area (Å²) in [7, 11) is 0. The predicted molar refractivity (Wildman–Crippen MR) is 106 cm³/mol. The minimum atomic E-state index is -0.208. The van der Waals surface area contributed by atoms with Gasteiger partial charge in [-0.2, -0.15) is 0 Å². The second-order valence-corrected chi connectivity index (χ2v) is 5.51. The van der Waals surface area contributed by atoms with E-state index in [-0.39, 0.29) is 29.8 Å². The molecule has 5 heteroatoms. The number of rotatable bonds is 4. The molecule has 23 heavy (non-hydrogen) atoms. The monoisotopic (exact) mass is 427 g/mol. The molecule has 0 spiro atoms. The van der Waals surface area contributed by atoms with E-state index in [2.05, 4.69) is 24.2 Å². The lowest BCUT2D eigenvalue weighted by atomic mass is 10.1. The van der Waals surface area contributed by atoms with Gasteiger partial charge in [0.05, 0.1) is 0 Å². The van der Waals surface area contributed by atoms with Crippen molar-refractivity contribution in [2.24, 2.45) is 10.7 Å². The Hall–Kier alpha value is -1.63. The van der Waals surface area contributed by atoms with Crippen LogP contribution in [0.2, 0.25) is 0 Å². The molecule has 0 aliphatic carbocycles. The van der Waals surface area contributed by atoms with Crippen molar-refractivity contribution in [3.63, 3.8) is 0 Å². The quantitative estimate of drug-likeness (QED) is 0.434. The number of guanidine groups is 1. The Morgan fingerprint density at radius 2 is 1.78 bits per heavy atom. The zero-order chi connectivity index (χ0) is 16.1. The molecule has 0 fully saturated rings. The van der Waals surface area contributed by atoms with E-state index < -0.39 is 0 Å². The molecule has 0 aromatic heterocycles. The molecule has 0 unspecified atom stereocenters. The molecular weight excluding hydrogens is 404 g/mol. The van der Waals surface area contributed by atoms with Gasteiger partial charge in [-0.15, -0.1) is 24.0 Å². The van der Waals surface area contributed by atoms with Crippen molar-refractivity contribution in [3.8, 4) is 0 Å². The molecular formula is C18H23FIN3. The highest BCUT2D eigenvalue weighted by molar-refractivity contribution is 14.0. The Morgan fingerprint density at radius 1 is 1.04 bits per heavy atom. The minimum absolute atomic E-state index is 0. The lowest BCUT2D eigenvalue weighted by Gasteiger charge is -2.08. The summed E-state index contributed by atoms with van der Waals surface area (Å²) in [6, 6.07) is 10.9. The fourth-order valence-electron chi connectivity index (χ4n) is 2.24. The van der Waals surface area contributed by atoms with Gasteiger partial charge in [0.25, 0.3) is 0 Å². The summed E-state index contributed by atoms with van der Waals surface area (Å²) < 4.78 is 13.0. The van der Waals surface area contributed by atoms with Gasteiger partial charge in [0.15, 0.2) is 5.96 Å². The molecule has 0 bridgehead atoms. The smallest absolute Gasteiger partial charge is 0.193 e. The van der Waals surface area contributed by atoms with Crippen molar-refractivity contribution < 1.29 is 4.39 Å². The molecule has 124 valence electrons. The highest BCUT2D eigenvalue weighted by Crippen LogP contribution is 2.14. The summed E-state index contributed by atoms with van der Waals surface area (Å²) in [6.07, 6.45) is 0.738. The van der Waals surface area contributed by atoms with Crippen LogP contribution < -0.4 is 11.1 Å². The number of nitrogens with one attached hydrogen (secondary N) is 1. The van der Waals surface area contributed by atoms with E-state index in [1.54, 1.807) is 6.07 Å². The summed E-state index contributed by atoms with van der Waals surface area (Å²) in [6.45, 7) is 6.60. The standard InChI is InChI=1S/C18H22FN3.HI/c1-12-4-7-17(11-13(12)2)22-18(20)21-9-8-15-5-6-16(19)10-14(15)3;/h4-7,10-11H,8-9H2,1-3H3,(H3,20,21,22);1H. The molecule has 2 aromatic carbocycles. The minimum Gasteiger partial charge on any atom is -0.370 e. The molecule has 0 saturated carbocycles. The zero-order valence-corrected chi connectivity index (χ0v) is 16.0. The first kappa shape index (κ1) is 19.4. The van der Waals surface area contributed by atoms with E-state index in [4.69, 9.17) is 5.73 Å². The Labute approximate surface area is 154 Å². The van der Waals surface area contributed by atoms with Gasteiger partial charge in [-0.25, -0.2) is 4.39 Å². The van der Waals surface area contributed by atoms with E-state index in [0.29, 0.717) is 12.5 Å². The average molecular weight is 427 g/mol. The summed E-state index contributed by atoms with van der Waals surface area (Å²) in [4.78, 5) is 4.32. The maximum atomic E-state index is 13.0. The summed E-state index contributed by atoms with van der Waals surface area (Å²) in [5.41, 5.74) is 11.3. The average Bonchev–Trinajstić information content (AvgIpc) is 2.45. The zero-order valence-electron chi connectivity index (χ0n) is 13.7. The molecule has 2 aromatic rings. The number of anilines is 1. The van der Waals surface area contributed by atoms with E-state index in [0.717, 1.165) is 23.2 Å². The Morgan fingerprint density at radius 3 is 2.43 bits per heavy atom. The Bertz CT molecular complexity index is 699. The highest BCUT2D eigenvalue weighted by Gasteiger charge is 2.01. The number of aryl methyl sites for hydroxylation is 3. The molecule has 0 amide bonds. The maximum Gasteiger partial charge on any atom is 0.193 e. The van der Waals surface area contributed by atoms with E-state index in [9.17, 15) is 4.39 Å². The van der Waals surface area contributed by atoms with Gasteiger partial charge >= 0.3 is 0 Å². The first-order valence-corrected chi connectivity index (χ1v) is 7.35. The van der Waals surface area contributed by atoms with Crippen LogP contribution in [0.5, 0.6) is 0 Å². The van der Waals surface area contributed by atoms with Gasteiger partial charge in [-0.1, -0.05) is 12.1 Å². The number of hydrogen-bond donors (Lipinski definition) is 2. The molecule has 3 nitrogen and oxygen atoms in total. The molecule has 0 saturated heterocycles. The first-order valence-electron chi connectivity index (χ1n) is 7.35. The van der Waals surface area contributed by atoms with Crippen LogP contribution in [0.1, 0.15) is 22.3 Å². The molecule has 3 N–H and O–H groups in total. The lowest BCUT2D eigenvalue weighted by Crippen LogP contribution is -2.23. The fraction of sp³-hybridized carbons (Fsp3) is 0.278. The Kier molecular flexibility index (Phi) is 7.48. The maximum absolute atomic E-state index is 13.0. The van der Waals surface area contributed by atoms with Gasteiger partial charge < -0.3 is 11.1 Å². The molecule has 0 heterocycles. The van der Waals surface area contributed by atoms with Gasteiger partial charge in [0.1, 0.15) is 5.82 Å². The van der Waals surface area contributed by atoms with Gasteiger partial charge in [0.2, 0.25) is 0 Å². The van der Waals surface area contributed by atoms with Gasteiger partial charge in [0, 0.05) is 12.2 Å². The van der Waals surface area contributed by atoms with Crippen molar-refractivity contribution in [1.82, 2.24) is 0 Å². The number of hydrogen-bond acceptors (Lipinski definition) is 1. The van der Waals surface area contributed by atoms with Crippen LogP contribution in [0.15, 0.2) is 41.4 Å². The normalized spacial score (nSPS) is 11.0. The number of nitrogens with two attached hydrogens (primary N) is 1. The molecule has 0 atom stereocenters. The number of nitrogens with zero attached hydrogens (tertiary/aromatic N) is 1. The van der Waals surface area contributed by atoms with Crippen molar-refractivity contribution in [1.29, 1.82) is 0 Å². The largest absolute Gasteiger partial charge is 0.370 e. The summed E-state index contributed by atoms with van der Waals surface area (Å²) in [5.74, 6) is 0.184. The highest BCUT2D eigenvalue weighted by atomic mass is 127. The second kappa shape index (κ2) is 8.86. The molecule has 0 aliphatic rings. The second-order valence-electron chi connectivity index (χ2n) is 5.51. The van der Waals surface area contributed by atoms with E-state index in [1.807, 2.05) is 25.1 Å². The van der Waals surface area contributed by atoms with Crippen LogP contribution in [0.3, 0.4) is 0 Å². The van der Waals surface area contributed by atoms with E-state index in [1.165, 1.54) is 23.3 Å². The molecule has 0 radical (unpaired) electrons. The van der Waals surface area contributed by atoms with Crippen LogP contribution in [0.25, 0.3) is 0 Å². The van der Waals surface area contributed by atoms with Gasteiger partial charge in [-0.05, 0) is 73.7 Å². The van der Waals surface area contributed by atoms with Crippen LogP contribution in [-0.2, 0) is 6.42 Å². The lowest BCUT2D eigenvalue weighted by molar-refractivity contribution is 0.625. The van der Waals surface area contributed by atoms with E-state index >= 15 is 0 Å². The summed E-state index contributed by atoms with van der Waals surface area (Å²) in [5, 5.41) is 3.09. The van der Waals surface area contributed by atoms with Crippen molar-refractivity contribution in [3.05, 3.63) is 64.5 Å². The predicted octanol–water partition coefficient (Wildman–Crippen LogP) is 4.34. The number of halogens is 2. The SMILES string of the molecule is Cc1ccc(NC(N)=NCCc2ccc(F)cc2C)cc1C.I. The van der Waals surface area contributed by atoms with Crippen LogP contribution >= 0.6 is 24.0 Å².